The number of pyridine rings is 2. The number of allylic oxidation sites excluding steroid dienone is 1. The lowest BCUT2D eigenvalue weighted by atomic mass is 10.0. The van der Waals surface area contributed by atoms with E-state index in [4.69, 9.17) is 0 Å². The highest BCUT2D eigenvalue weighted by Gasteiger charge is 2.13. The highest BCUT2D eigenvalue weighted by Crippen LogP contribution is 2.23. The molecule has 0 aromatic carbocycles. The van der Waals surface area contributed by atoms with Crippen molar-refractivity contribution in [1.29, 1.82) is 0 Å². The first-order chi connectivity index (χ1) is 16.8. The molecule has 3 aromatic rings. The molecular formula is C25H32N8O2. The highest BCUT2D eigenvalue weighted by atomic mass is 16.2. The predicted octanol–water partition coefficient (Wildman–Crippen LogP) is 3.36. The number of likely N-dealkylation sites (N-methyl/N-ethyl adjacent to an activating group) is 1. The van der Waals surface area contributed by atoms with Gasteiger partial charge < -0.3 is 16.0 Å². The second-order valence-corrected chi connectivity index (χ2v) is 8.18. The number of aryl methyl sites for hydroxylation is 3. The minimum absolute atomic E-state index is 0.181. The van der Waals surface area contributed by atoms with E-state index in [1.54, 1.807) is 38.6 Å². The van der Waals surface area contributed by atoms with Crippen molar-refractivity contribution >= 4 is 34.8 Å². The lowest BCUT2D eigenvalue weighted by Gasteiger charge is -2.12. The van der Waals surface area contributed by atoms with Crippen LogP contribution in [-0.4, -0.2) is 49.9 Å². The van der Waals surface area contributed by atoms with Gasteiger partial charge in [-0.05, 0) is 56.2 Å². The van der Waals surface area contributed by atoms with Crippen LogP contribution >= 0.6 is 0 Å². The van der Waals surface area contributed by atoms with Gasteiger partial charge in [0.15, 0.2) is 0 Å². The Balaban J connectivity index is 1.82. The average Bonchev–Trinajstić information content (AvgIpc) is 3.27. The second kappa shape index (κ2) is 12.0. The van der Waals surface area contributed by atoms with Crippen molar-refractivity contribution in [3.05, 3.63) is 58.9 Å². The third-order valence-corrected chi connectivity index (χ3v) is 5.32. The summed E-state index contributed by atoms with van der Waals surface area (Å²) < 4.78 is 0. The molecule has 3 N–H and O–H groups in total. The molecule has 184 valence electrons. The standard InChI is InChI=1S/C25H32N8O2/c1-6-8-18(23-14-29-33(5)32-23)9-19-10-20(12-27-16(19)3)25(35)31-22-11-21(13-28-17(22)4)30-24(34)15-26-7-2/h9-14,26H,6-8,15H2,1-5H3,(H,30,34)(H,31,35)/b18-9+. The van der Waals surface area contributed by atoms with Gasteiger partial charge in [0.05, 0.1) is 41.6 Å². The Morgan fingerprint density at radius 2 is 1.80 bits per heavy atom. The SMILES string of the molecule is CCC/C(=C\c1cc(C(=O)Nc2cc(NC(=O)CNCC)cnc2C)cnc1C)c1cnn(C)n1. The van der Waals surface area contributed by atoms with Gasteiger partial charge in [0.2, 0.25) is 5.91 Å². The van der Waals surface area contributed by atoms with Gasteiger partial charge in [-0.3, -0.25) is 19.6 Å². The molecule has 0 saturated carbocycles. The molecule has 0 atom stereocenters. The summed E-state index contributed by atoms with van der Waals surface area (Å²) in [7, 11) is 1.78. The summed E-state index contributed by atoms with van der Waals surface area (Å²) in [5, 5.41) is 17.2. The van der Waals surface area contributed by atoms with Gasteiger partial charge in [-0.1, -0.05) is 20.3 Å². The maximum Gasteiger partial charge on any atom is 0.257 e. The predicted molar refractivity (Wildman–Crippen MR) is 137 cm³/mol. The first kappa shape index (κ1) is 25.7. The molecule has 2 amide bonds. The largest absolute Gasteiger partial charge is 0.324 e. The molecule has 35 heavy (non-hydrogen) atoms. The quantitative estimate of drug-likeness (QED) is 0.409. The van der Waals surface area contributed by atoms with Crippen molar-refractivity contribution in [2.24, 2.45) is 7.05 Å². The molecular weight excluding hydrogens is 444 g/mol. The third-order valence-electron chi connectivity index (χ3n) is 5.32. The lowest BCUT2D eigenvalue weighted by molar-refractivity contribution is -0.115. The normalized spacial score (nSPS) is 11.4. The van der Waals surface area contributed by atoms with E-state index in [2.05, 4.69) is 43.0 Å². The summed E-state index contributed by atoms with van der Waals surface area (Å²) in [5.74, 6) is -0.496. The van der Waals surface area contributed by atoms with Gasteiger partial charge in [-0.25, -0.2) is 0 Å². The summed E-state index contributed by atoms with van der Waals surface area (Å²) >= 11 is 0. The van der Waals surface area contributed by atoms with Gasteiger partial charge in [0.1, 0.15) is 5.69 Å². The number of anilines is 2. The maximum atomic E-state index is 13.1. The number of amides is 2. The molecule has 0 unspecified atom stereocenters. The fraction of sp³-hybridized carbons (Fsp3) is 0.360. The van der Waals surface area contributed by atoms with Crippen molar-refractivity contribution in [2.75, 3.05) is 23.7 Å². The van der Waals surface area contributed by atoms with Crippen LogP contribution in [0, 0.1) is 13.8 Å². The minimum atomic E-state index is -0.315. The molecule has 0 saturated heterocycles. The Bertz CT molecular complexity index is 1230. The van der Waals surface area contributed by atoms with Crippen molar-refractivity contribution in [1.82, 2.24) is 30.3 Å². The summed E-state index contributed by atoms with van der Waals surface area (Å²) in [6.07, 6.45) is 8.64. The number of nitrogens with zero attached hydrogens (tertiary/aromatic N) is 5. The van der Waals surface area contributed by atoms with Crippen LogP contribution in [0.1, 0.15) is 59.7 Å². The first-order valence-corrected chi connectivity index (χ1v) is 11.6. The smallest absolute Gasteiger partial charge is 0.257 e. The molecule has 0 aliphatic carbocycles. The minimum Gasteiger partial charge on any atom is -0.324 e. The van der Waals surface area contributed by atoms with Crippen molar-refractivity contribution in [3.8, 4) is 0 Å². The molecule has 3 heterocycles. The zero-order chi connectivity index (χ0) is 25.4. The second-order valence-electron chi connectivity index (χ2n) is 8.18. The number of rotatable bonds is 10. The van der Waals surface area contributed by atoms with Crippen LogP contribution in [0.3, 0.4) is 0 Å². The van der Waals surface area contributed by atoms with Gasteiger partial charge in [0, 0.05) is 18.9 Å². The molecule has 10 heteroatoms. The van der Waals surface area contributed by atoms with Crippen LogP contribution in [0.15, 0.2) is 30.7 Å². The van der Waals surface area contributed by atoms with Crippen molar-refractivity contribution in [3.63, 3.8) is 0 Å². The summed E-state index contributed by atoms with van der Waals surface area (Å²) in [5.41, 5.74) is 5.55. The van der Waals surface area contributed by atoms with Crippen molar-refractivity contribution < 1.29 is 9.59 Å². The number of aromatic nitrogens is 5. The van der Waals surface area contributed by atoms with Crippen LogP contribution < -0.4 is 16.0 Å². The Hall–Kier alpha value is -3.92. The van der Waals surface area contributed by atoms with E-state index >= 15 is 0 Å². The topological polar surface area (TPSA) is 127 Å². The average molecular weight is 477 g/mol. The third kappa shape index (κ3) is 7.03. The Labute approximate surface area is 205 Å². The van der Waals surface area contributed by atoms with Crippen LogP contribution in [-0.2, 0) is 11.8 Å². The lowest BCUT2D eigenvalue weighted by Crippen LogP contribution is -2.27. The Morgan fingerprint density at radius 1 is 1.03 bits per heavy atom. The molecule has 3 aromatic heterocycles. The summed E-state index contributed by atoms with van der Waals surface area (Å²) in [6.45, 7) is 8.62. The zero-order valence-electron chi connectivity index (χ0n) is 20.8. The molecule has 0 spiro atoms. The van der Waals surface area contributed by atoms with E-state index in [1.165, 1.54) is 4.80 Å². The van der Waals surface area contributed by atoms with E-state index in [1.807, 2.05) is 26.0 Å². The maximum absolute atomic E-state index is 13.1. The van der Waals surface area contributed by atoms with Crippen LogP contribution in [0.2, 0.25) is 0 Å². The van der Waals surface area contributed by atoms with Gasteiger partial charge >= 0.3 is 0 Å². The molecule has 3 rings (SSSR count). The Morgan fingerprint density at radius 3 is 2.49 bits per heavy atom. The fourth-order valence-corrected chi connectivity index (χ4v) is 3.41. The molecule has 0 aliphatic rings. The molecule has 10 nitrogen and oxygen atoms in total. The zero-order valence-corrected chi connectivity index (χ0v) is 20.8. The van der Waals surface area contributed by atoms with Gasteiger partial charge in [-0.2, -0.15) is 15.0 Å². The molecule has 0 radical (unpaired) electrons. The van der Waals surface area contributed by atoms with E-state index < -0.39 is 0 Å². The van der Waals surface area contributed by atoms with Crippen LogP contribution in [0.4, 0.5) is 11.4 Å². The number of hydrogen-bond donors (Lipinski definition) is 3. The summed E-state index contributed by atoms with van der Waals surface area (Å²) in [6, 6.07) is 3.51. The number of nitrogens with one attached hydrogen (secondary N) is 3. The monoisotopic (exact) mass is 476 g/mol. The van der Waals surface area contributed by atoms with E-state index in [9.17, 15) is 9.59 Å². The van der Waals surface area contributed by atoms with E-state index in [0.29, 0.717) is 29.2 Å². The van der Waals surface area contributed by atoms with E-state index in [0.717, 1.165) is 35.4 Å². The van der Waals surface area contributed by atoms with Gasteiger partial charge in [-0.15, -0.1) is 0 Å². The first-order valence-electron chi connectivity index (χ1n) is 11.6. The fourth-order valence-electron chi connectivity index (χ4n) is 3.41. The van der Waals surface area contributed by atoms with Crippen LogP contribution in [0.25, 0.3) is 11.6 Å². The highest BCUT2D eigenvalue weighted by molar-refractivity contribution is 6.05. The Kier molecular flexibility index (Phi) is 8.80. The number of carbonyl (C=O) groups is 2. The summed E-state index contributed by atoms with van der Waals surface area (Å²) in [4.78, 5) is 35.3. The molecule has 0 aliphatic heterocycles. The number of carbonyl (C=O) groups excluding carboxylic acids is 2. The van der Waals surface area contributed by atoms with E-state index in [-0.39, 0.29) is 18.4 Å². The molecule has 0 fully saturated rings. The number of hydrogen-bond acceptors (Lipinski definition) is 7. The van der Waals surface area contributed by atoms with Crippen LogP contribution in [0.5, 0.6) is 0 Å². The molecule has 0 bridgehead atoms. The van der Waals surface area contributed by atoms with Gasteiger partial charge in [0.25, 0.3) is 5.91 Å². The van der Waals surface area contributed by atoms with Crippen molar-refractivity contribution in [2.45, 2.75) is 40.5 Å².